The van der Waals surface area contributed by atoms with Crippen molar-refractivity contribution in [1.29, 1.82) is 0 Å². The minimum atomic E-state index is -0.537. The fourth-order valence-corrected chi connectivity index (χ4v) is 5.10. The molecule has 2 aromatic rings. The van der Waals surface area contributed by atoms with Crippen molar-refractivity contribution in [1.82, 2.24) is 19.0 Å². The summed E-state index contributed by atoms with van der Waals surface area (Å²) in [6.45, 7) is 11.9. The molecule has 0 bridgehead atoms. The van der Waals surface area contributed by atoms with Crippen molar-refractivity contribution in [2.24, 2.45) is 23.6 Å². The molecule has 0 saturated heterocycles. The van der Waals surface area contributed by atoms with Gasteiger partial charge in [0.25, 0.3) is 5.91 Å². The molecular weight excluding hydrogens is 406 g/mol. The Kier molecular flexibility index (Phi) is 5.38. The molecule has 4 rings (SSSR count). The molecule has 32 heavy (non-hydrogen) atoms. The van der Waals surface area contributed by atoms with Crippen LogP contribution in [0.4, 0.5) is 0 Å². The average molecular weight is 442 g/mol. The Balaban J connectivity index is 1.65. The summed E-state index contributed by atoms with van der Waals surface area (Å²) < 4.78 is 8.99. The lowest BCUT2D eigenvalue weighted by Crippen LogP contribution is -2.46. The molecule has 8 heteroatoms. The average Bonchev–Trinajstić information content (AvgIpc) is 3.27. The van der Waals surface area contributed by atoms with Gasteiger partial charge in [-0.05, 0) is 42.2 Å². The number of pyridine rings is 1. The number of primary amides is 1. The second-order valence-corrected chi connectivity index (χ2v) is 11.2. The lowest BCUT2D eigenvalue weighted by Gasteiger charge is -2.45. The van der Waals surface area contributed by atoms with E-state index in [-0.39, 0.29) is 34.2 Å². The van der Waals surface area contributed by atoms with Gasteiger partial charge < -0.3 is 15.4 Å². The Morgan fingerprint density at radius 1 is 1.31 bits per heavy atom. The molecule has 1 amide bonds. The number of ether oxygens (including phenoxy) is 1. The highest BCUT2D eigenvalue weighted by atomic mass is 16.5. The minimum Gasteiger partial charge on any atom is -0.466 e. The van der Waals surface area contributed by atoms with Crippen molar-refractivity contribution >= 4 is 17.1 Å². The summed E-state index contributed by atoms with van der Waals surface area (Å²) in [5.41, 5.74) is 8.06. The van der Waals surface area contributed by atoms with E-state index >= 15 is 0 Å². The highest BCUT2D eigenvalue weighted by Gasteiger charge is 2.41. The zero-order valence-corrected chi connectivity index (χ0v) is 20.0. The second kappa shape index (κ2) is 7.67. The van der Waals surface area contributed by atoms with Gasteiger partial charge >= 0.3 is 5.69 Å². The number of amides is 1. The third-order valence-corrected chi connectivity index (χ3v) is 6.90. The van der Waals surface area contributed by atoms with Crippen molar-refractivity contribution < 1.29 is 9.53 Å². The highest BCUT2D eigenvalue weighted by molar-refractivity contribution is 5.90. The number of hydrogen-bond donors (Lipinski definition) is 1. The van der Waals surface area contributed by atoms with Crippen LogP contribution in [0, 0.1) is 10.8 Å². The topological polar surface area (TPSA) is 95.4 Å². The van der Waals surface area contributed by atoms with Crippen molar-refractivity contribution in [3.05, 3.63) is 40.3 Å². The molecule has 2 aromatic heterocycles. The molecule has 3 heterocycles. The van der Waals surface area contributed by atoms with Crippen LogP contribution in [0.3, 0.4) is 0 Å². The summed E-state index contributed by atoms with van der Waals surface area (Å²) in [7, 11) is 1.80. The van der Waals surface area contributed by atoms with Crippen LogP contribution in [0.1, 0.15) is 65.5 Å². The largest absolute Gasteiger partial charge is 0.466 e. The van der Waals surface area contributed by atoms with Gasteiger partial charge in [0.1, 0.15) is 0 Å². The van der Waals surface area contributed by atoms with E-state index in [0.717, 1.165) is 36.1 Å². The Bertz CT molecular complexity index is 1130. The Morgan fingerprint density at radius 2 is 2.03 bits per heavy atom. The lowest BCUT2D eigenvalue weighted by molar-refractivity contribution is -0.117. The number of nitrogens with zero attached hydrogens (tertiary/aromatic N) is 4. The predicted octanol–water partition coefficient (Wildman–Crippen LogP) is 3.06. The molecule has 1 aliphatic heterocycles. The summed E-state index contributed by atoms with van der Waals surface area (Å²) in [5, 5.41) is 0. The number of aromatic nitrogens is 3. The molecule has 8 nitrogen and oxygen atoms in total. The fraction of sp³-hybridized carbons (Fsp3) is 0.625. The molecule has 174 valence electrons. The predicted molar refractivity (Wildman–Crippen MR) is 124 cm³/mol. The van der Waals surface area contributed by atoms with Crippen molar-refractivity contribution in [3.8, 4) is 0 Å². The standard InChI is InChI=1S/C24H35N5O3/c1-23(2,3)13-29-17-8-7-16(26-21(17)27(6)22(29)31)15-9-10-24(4,5)19(11-15)28-12-18(20(25)30)32-14-28/h7-8,12,15,19H,9-11,13-14H2,1-6H3,(H2,25,30). The van der Waals surface area contributed by atoms with Gasteiger partial charge in [-0.1, -0.05) is 34.6 Å². The van der Waals surface area contributed by atoms with Gasteiger partial charge in [0, 0.05) is 31.2 Å². The van der Waals surface area contributed by atoms with E-state index in [2.05, 4.69) is 45.6 Å². The second-order valence-electron chi connectivity index (χ2n) is 11.2. The zero-order chi connectivity index (χ0) is 23.4. The number of carbonyl (C=O) groups excluding carboxylic acids is 1. The first kappa shape index (κ1) is 22.4. The molecule has 0 aromatic carbocycles. The Labute approximate surface area is 189 Å². The van der Waals surface area contributed by atoms with Crippen LogP contribution in [-0.4, -0.2) is 37.7 Å². The number of aryl methyl sites for hydroxylation is 1. The van der Waals surface area contributed by atoms with Gasteiger partial charge in [-0.25, -0.2) is 9.78 Å². The molecule has 1 saturated carbocycles. The number of rotatable bonds is 4. The number of hydrogen-bond acceptors (Lipinski definition) is 5. The number of carbonyl (C=O) groups is 1. The summed E-state index contributed by atoms with van der Waals surface area (Å²) >= 11 is 0. The van der Waals surface area contributed by atoms with Crippen molar-refractivity contribution in [2.75, 3.05) is 6.73 Å². The normalized spacial score (nSPS) is 23.3. The van der Waals surface area contributed by atoms with Gasteiger partial charge in [0.2, 0.25) is 5.76 Å². The number of imidazole rings is 1. The summed E-state index contributed by atoms with van der Waals surface area (Å²) in [5.74, 6) is -0.0485. The van der Waals surface area contributed by atoms with Gasteiger partial charge in [0.05, 0.1) is 11.7 Å². The first-order chi connectivity index (χ1) is 14.9. The first-order valence-electron chi connectivity index (χ1n) is 11.3. The molecule has 2 N–H and O–H groups in total. The molecule has 1 fully saturated rings. The molecule has 2 unspecified atom stereocenters. The maximum Gasteiger partial charge on any atom is 0.330 e. The number of nitrogens with two attached hydrogens (primary N) is 1. The van der Waals surface area contributed by atoms with Gasteiger partial charge in [-0.15, -0.1) is 0 Å². The molecule has 0 spiro atoms. The van der Waals surface area contributed by atoms with Gasteiger partial charge in [-0.3, -0.25) is 13.9 Å². The van der Waals surface area contributed by atoms with E-state index in [1.165, 1.54) is 0 Å². The molecule has 2 atom stereocenters. The van der Waals surface area contributed by atoms with E-state index in [4.69, 9.17) is 15.5 Å². The van der Waals surface area contributed by atoms with E-state index in [0.29, 0.717) is 13.3 Å². The van der Waals surface area contributed by atoms with Crippen molar-refractivity contribution in [2.45, 2.75) is 72.4 Å². The van der Waals surface area contributed by atoms with Crippen LogP contribution >= 0.6 is 0 Å². The quantitative estimate of drug-likeness (QED) is 0.787. The Morgan fingerprint density at radius 3 is 2.66 bits per heavy atom. The monoisotopic (exact) mass is 441 g/mol. The maximum absolute atomic E-state index is 12.9. The molecule has 0 radical (unpaired) electrons. The third kappa shape index (κ3) is 4.02. The molecule has 2 aliphatic rings. The summed E-state index contributed by atoms with van der Waals surface area (Å²) in [6.07, 6.45) is 4.71. The first-order valence-corrected chi connectivity index (χ1v) is 11.3. The summed E-state index contributed by atoms with van der Waals surface area (Å²) in [4.78, 5) is 31.4. The van der Waals surface area contributed by atoms with E-state index in [1.54, 1.807) is 17.8 Å². The van der Waals surface area contributed by atoms with Crippen LogP contribution in [-0.2, 0) is 23.1 Å². The lowest BCUT2D eigenvalue weighted by atomic mass is 9.68. The smallest absolute Gasteiger partial charge is 0.330 e. The SMILES string of the molecule is Cn1c(=O)n(CC(C)(C)C)c2ccc(C3CCC(C)(C)C(N4C=C(C(N)=O)OC4)C3)nc21. The third-order valence-electron chi connectivity index (χ3n) is 6.90. The van der Waals surface area contributed by atoms with Gasteiger partial charge in [-0.2, -0.15) is 0 Å². The maximum atomic E-state index is 12.9. The van der Waals surface area contributed by atoms with Crippen LogP contribution in [0.5, 0.6) is 0 Å². The van der Waals surface area contributed by atoms with Crippen LogP contribution in [0.15, 0.2) is 28.9 Å². The van der Waals surface area contributed by atoms with E-state index in [9.17, 15) is 9.59 Å². The minimum absolute atomic E-state index is 0.00591. The summed E-state index contributed by atoms with van der Waals surface area (Å²) in [6, 6.07) is 4.32. The van der Waals surface area contributed by atoms with Crippen LogP contribution in [0.25, 0.3) is 11.2 Å². The fourth-order valence-electron chi connectivity index (χ4n) is 5.10. The van der Waals surface area contributed by atoms with E-state index in [1.807, 2.05) is 10.6 Å². The van der Waals surface area contributed by atoms with Crippen molar-refractivity contribution in [3.63, 3.8) is 0 Å². The Hall–Kier alpha value is -2.77. The zero-order valence-electron chi connectivity index (χ0n) is 20.0. The molecule has 1 aliphatic carbocycles. The molecular formula is C24H35N5O3. The van der Waals surface area contributed by atoms with E-state index < -0.39 is 5.91 Å². The van der Waals surface area contributed by atoms with Crippen LogP contribution in [0.2, 0.25) is 0 Å². The van der Waals surface area contributed by atoms with Crippen LogP contribution < -0.4 is 11.4 Å². The van der Waals surface area contributed by atoms with Gasteiger partial charge in [0.15, 0.2) is 12.4 Å². The highest BCUT2D eigenvalue weighted by Crippen LogP contribution is 2.45. The number of fused-ring (bicyclic) bond motifs is 1.